The van der Waals surface area contributed by atoms with Gasteiger partial charge in [0.1, 0.15) is 0 Å². The molecule has 2 rings (SSSR count). The van der Waals surface area contributed by atoms with E-state index in [4.69, 9.17) is 0 Å². The Kier molecular flexibility index (Phi) is 4.98. The molecule has 0 bridgehead atoms. The Morgan fingerprint density at radius 3 is 2.71 bits per heavy atom. The zero-order valence-electron chi connectivity index (χ0n) is 13.1. The van der Waals surface area contributed by atoms with E-state index in [2.05, 4.69) is 10.4 Å². The zero-order chi connectivity index (χ0) is 15.4. The van der Waals surface area contributed by atoms with Crippen molar-refractivity contribution in [3.63, 3.8) is 0 Å². The van der Waals surface area contributed by atoms with Crippen molar-refractivity contribution in [2.45, 2.75) is 39.5 Å². The summed E-state index contributed by atoms with van der Waals surface area (Å²) in [6.45, 7) is 5.97. The molecule has 1 saturated heterocycles. The van der Waals surface area contributed by atoms with Gasteiger partial charge in [0.2, 0.25) is 11.8 Å². The van der Waals surface area contributed by atoms with Crippen molar-refractivity contribution in [2.75, 3.05) is 19.6 Å². The predicted octanol–water partition coefficient (Wildman–Crippen LogP) is 0.708. The van der Waals surface area contributed by atoms with Crippen LogP contribution in [0.5, 0.6) is 0 Å². The second kappa shape index (κ2) is 6.74. The molecule has 0 atom stereocenters. The number of aryl methyl sites for hydroxylation is 2. The number of hydrogen-bond acceptors (Lipinski definition) is 3. The number of nitrogens with zero attached hydrogens (tertiary/aromatic N) is 3. The van der Waals surface area contributed by atoms with Crippen LogP contribution in [-0.2, 0) is 23.1 Å². The van der Waals surface area contributed by atoms with Crippen LogP contribution >= 0.6 is 0 Å². The van der Waals surface area contributed by atoms with E-state index in [1.165, 1.54) is 0 Å². The smallest absolute Gasteiger partial charge is 0.222 e. The largest absolute Gasteiger partial charge is 0.354 e. The summed E-state index contributed by atoms with van der Waals surface area (Å²) in [5, 5.41) is 7.24. The van der Waals surface area contributed by atoms with Crippen molar-refractivity contribution in [2.24, 2.45) is 7.05 Å². The molecule has 1 fully saturated rings. The van der Waals surface area contributed by atoms with E-state index >= 15 is 0 Å². The summed E-state index contributed by atoms with van der Waals surface area (Å²) in [6.07, 6.45) is 2.75. The van der Waals surface area contributed by atoms with Crippen molar-refractivity contribution < 1.29 is 9.59 Å². The van der Waals surface area contributed by atoms with Crippen molar-refractivity contribution in [3.05, 3.63) is 17.0 Å². The fourth-order valence-corrected chi connectivity index (χ4v) is 2.78. The number of rotatable bonds is 6. The second-order valence-electron chi connectivity index (χ2n) is 5.61. The number of nitrogens with one attached hydrogen (secondary N) is 1. The maximum atomic E-state index is 11.9. The Morgan fingerprint density at radius 1 is 1.38 bits per heavy atom. The Morgan fingerprint density at radius 2 is 2.14 bits per heavy atom. The lowest BCUT2D eigenvalue weighted by Crippen LogP contribution is -2.35. The Labute approximate surface area is 125 Å². The van der Waals surface area contributed by atoms with Crippen LogP contribution in [0.2, 0.25) is 0 Å². The molecule has 1 aliphatic rings. The van der Waals surface area contributed by atoms with Crippen molar-refractivity contribution >= 4 is 11.8 Å². The van der Waals surface area contributed by atoms with E-state index in [1.807, 2.05) is 30.5 Å². The first-order valence-corrected chi connectivity index (χ1v) is 7.52. The third-order valence-corrected chi connectivity index (χ3v) is 4.14. The van der Waals surface area contributed by atoms with Gasteiger partial charge in [0.05, 0.1) is 5.69 Å². The predicted molar refractivity (Wildman–Crippen MR) is 79.8 cm³/mol. The van der Waals surface area contributed by atoms with Crippen LogP contribution in [0.4, 0.5) is 0 Å². The monoisotopic (exact) mass is 292 g/mol. The molecule has 2 amide bonds. The summed E-state index contributed by atoms with van der Waals surface area (Å²) in [6, 6.07) is 0. The average molecular weight is 292 g/mol. The Balaban J connectivity index is 1.71. The molecule has 21 heavy (non-hydrogen) atoms. The fourth-order valence-electron chi connectivity index (χ4n) is 2.78. The molecular formula is C15H24N4O2. The van der Waals surface area contributed by atoms with Crippen LogP contribution in [0.15, 0.2) is 0 Å². The number of hydrogen-bond donors (Lipinski definition) is 1. The first-order chi connectivity index (χ1) is 9.99. The normalized spacial score (nSPS) is 14.8. The molecule has 0 spiro atoms. The van der Waals surface area contributed by atoms with Crippen LogP contribution in [0, 0.1) is 13.8 Å². The molecule has 0 radical (unpaired) electrons. The molecule has 0 aliphatic carbocycles. The molecule has 1 aliphatic heterocycles. The first kappa shape index (κ1) is 15.5. The molecule has 116 valence electrons. The number of aromatic nitrogens is 2. The Hall–Kier alpha value is -1.85. The number of carbonyl (C=O) groups excluding carboxylic acids is 2. The third-order valence-electron chi connectivity index (χ3n) is 4.14. The molecule has 1 N–H and O–H groups in total. The number of likely N-dealkylation sites (tertiary alicyclic amines) is 1. The highest BCUT2D eigenvalue weighted by Gasteiger charge is 2.19. The van der Waals surface area contributed by atoms with Gasteiger partial charge in [-0.1, -0.05) is 0 Å². The van der Waals surface area contributed by atoms with Gasteiger partial charge in [-0.15, -0.1) is 0 Å². The van der Waals surface area contributed by atoms with Crippen molar-refractivity contribution in [1.29, 1.82) is 0 Å². The van der Waals surface area contributed by atoms with Gasteiger partial charge in [0.25, 0.3) is 0 Å². The van der Waals surface area contributed by atoms with Gasteiger partial charge < -0.3 is 10.2 Å². The molecule has 0 unspecified atom stereocenters. The molecule has 6 nitrogen and oxygen atoms in total. The van der Waals surface area contributed by atoms with Crippen LogP contribution in [-0.4, -0.2) is 46.1 Å². The number of carbonyl (C=O) groups is 2. The van der Waals surface area contributed by atoms with Gasteiger partial charge in [-0.25, -0.2) is 0 Å². The third kappa shape index (κ3) is 3.83. The fraction of sp³-hybridized carbons (Fsp3) is 0.667. The van der Waals surface area contributed by atoms with Gasteiger partial charge in [-0.3, -0.25) is 14.3 Å². The van der Waals surface area contributed by atoms with Crippen LogP contribution < -0.4 is 5.32 Å². The zero-order valence-corrected chi connectivity index (χ0v) is 13.1. The molecule has 1 aromatic heterocycles. The molecule has 0 saturated carbocycles. The van der Waals surface area contributed by atoms with E-state index in [9.17, 15) is 9.59 Å². The highest BCUT2D eigenvalue weighted by Crippen LogP contribution is 2.14. The summed E-state index contributed by atoms with van der Waals surface area (Å²) >= 11 is 0. The van der Waals surface area contributed by atoms with Crippen LogP contribution in [0.1, 0.15) is 36.2 Å². The molecule has 0 aromatic carbocycles. The van der Waals surface area contributed by atoms with E-state index in [0.29, 0.717) is 32.4 Å². The summed E-state index contributed by atoms with van der Waals surface area (Å²) in [5.74, 6) is 0.232. The van der Waals surface area contributed by atoms with Gasteiger partial charge in [0, 0.05) is 45.2 Å². The van der Waals surface area contributed by atoms with Crippen molar-refractivity contribution in [1.82, 2.24) is 20.0 Å². The van der Waals surface area contributed by atoms with Crippen LogP contribution in [0.3, 0.4) is 0 Å². The van der Waals surface area contributed by atoms with Gasteiger partial charge in [0.15, 0.2) is 0 Å². The lowest BCUT2D eigenvalue weighted by atomic mass is 10.1. The quantitative estimate of drug-likeness (QED) is 0.839. The molecular weight excluding hydrogens is 268 g/mol. The van der Waals surface area contributed by atoms with E-state index in [0.717, 1.165) is 29.9 Å². The average Bonchev–Trinajstić information content (AvgIpc) is 2.93. The lowest BCUT2D eigenvalue weighted by molar-refractivity contribution is -0.128. The maximum absolute atomic E-state index is 11.9. The summed E-state index contributed by atoms with van der Waals surface area (Å²) in [4.78, 5) is 25.1. The lowest BCUT2D eigenvalue weighted by Gasteiger charge is -2.15. The Bertz CT molecular complexity index is 536. The maximum Gasteiger partial charge on any atom is 0.222 e. The number of amides is 2. The van der Waals surface area contributed by atoms with Gasteiger partial charge >= 0.3 is 0 Å². The molecule has 2 heterocycles. The van der Waals surface area contributed by atoms with Gasteiger partial charge in [-0.2, -0.15) is 5.10 Å². The molecule has 6 heteroatoms. The minimum absolute atomic E-state index is 0.0318. The summed E-state index contributed by atoms with van der Waals surface area (Å²) < 4.78 is 1.85. The van der Waals surface area contributed by atoms with Crippen LogP contribution in [0.25, 0.3) is 0 Å². The SMILES string of the molecule is Cc1nn(C)c(C)c1CCC(=O)NCCN1CCCC1=O. The molecule has 1 aromatic rings. The second-order valence-corrected chi connectivity index (χ2v) is 5.61. The van der Waals surface area contributed by atoms with Gasteiger partial charge in [-0.05, 0) is 32.3 Å². The van der Waals surface area contributed by atoms with Crippen molar-refractivity contribution in [3.8, 4) is 0 Å². The highest BCUT2D eigenvalue weighted by molar-refractivity contribution is 5.78. The van der Waals surface area contributed by atoms with E-state index < -0.39 is 0 Å². The summed E-state index contributed by atoms with van der Waals surface area (Å²) in [5.41, 5.74) is 3.26. The minimum atomic E-state index is 0.0318. The topological polar surface area (TPSA) is 67.2 Å². The highest BCUT2D eigenvalue weighted by atomic mass is 16.2. The standard InChI is InChI=1S/C15H24N4O2/c1-11-13(12(2)18(3)17-11)6-7-14(20)16-8-10-19-9-4-5-15(19)21/h4-10H2,1-3H3,(H,16,20). The van der Waals surface area contributed by atoms with E-state index in [1.54, 1.807) is 0 Å². The van der Waals surface area contributed by atoms with E-state index in [-0.39, 0.29) is 11.8 Å². The first-order valence-electron chi connectivity index (χ1n) is 7.52. The summed E-state index contributed by atoms with van der Waals surface area (Å²) in [7, 11) is 1.92. The minimum Gasteiger partial charge on any atom is -0.354 e.